The number of rotatable bonds is 2. The van der Waals surface area contributed by atoms with Gasteiger partial charge in [-0.1, -0.05) is 40.9 Å². The van der Waals surface area contributed by atoms with Crippen LogP contribution in [0, 0.1) is 6.92 Å². The van der Waals surface area contributed by atoms with Crippen LogP contribution in [0.25, 0.3) is 10.9 Å². The summed E-state index contributed by atoms with van der Waals surface area (Å²) in [5.74, 6) is -0.293. The molecule has 3 aromatic rings. The second-order valence-corrected chi connectivity index (χ2v) is 5.76. The lowest BCUT2D eigenvalue weighted by atomic mass is 10.2. The van der Waals surface area contributed by atoms with Crippen molar-refractivity contribution in [2.75, 3.05) is 0 Å². The highest BCUT2D eigenvalue weighted by Gasteiger charge is 2.15. The van der Waals surface area contributed by atoms with Crippen LogP contribution in [0.3, 0.4) is 0 Å². The third kappa shape index (κ3) is 2.93. The number of aromatic amines is 1. The van der Waals surface area contributed by atoms with E-state index in [1.165, 1.54) is 6.07 Å². The Morgan fingerprint density at radius 2 is 1.74 bits per heavy atom. The van der Waals surface area contributed by atoms with Crippen LogP contribution in [0.1, 0.15) is 5.56 Å². The molecule has 0 saturated heterocycles. The van der Waals surface area contributed by atoms with E-state index in [9.17, 15) is 9.90 Å². The van der Waals surface area contributed by atoms with E-state index in [1.807, 2.05) is 19.1 Å². The molecule has 2 N–H and O–H groups in total. The topological polar surface area (TPSA) is 77.8 Å². The van der Waals surface area contributed by atoms with Crippen molar-refractivity contribution in [3.8, 4) is 5.75 Å². The second-order valence-electron chi connectivity index (χ2n) is 4.97. The fourth-order valence-corrected chi connectivity index (χ4v) is 2.46. The summed E-state index contributed by atoms with van der Waals surface area (Å²) < 4.78 is 0. The maximum Gasteiger partial charge on any atom is 0.280 e. The molecule has 3 rings (SSSR count). The number of H-pyrrole nitrogens is 1. The first kappa shape index (κ1) is 15.5. The number of hydrogen-bond acceptors (Lipinski definition) is 4. The van der Waals surface area contributed by atoms with Crippen LogP contribution in [-0.2, 0) is 0 Å². The van der Waals surface area contributed by atoms with Crippen LogP contribution in [0.2, 0.25) is 10.0 Å². The van der Waals surface area contributed by atoms with Crippen LogP contribution < -0.4 is 5.56 Å². The summed E-state index contributed by atoms with van der Waals surface area (Å²) in [5, 5.41) is 18.9. The summed E-state index contributed by atoms with van der Waals surface area (Å²) in [4.78, 5) is 14.7. The van der Waals surface area contributed by atoms with Crippen LogP contribution in [0.5, 0.6) is 5.75 Å². The average Bonchev–Trinajstić information content (AvgIpc) is 2.53. The number of azo groups is 1. The van der Waals surface area contributed by atoms with E-state index in [4.69, 9.17) is 23.2 Å². The highest BCUT2D eigenvalue weighted by molar-refractivity contribution is 6.45. The van der Waals surface area contributed by atoms with Crippen molar-refractivity contribution in [2.24, 2.45) is 10.2 Å². The Bertz CT molecular complexity index is 979. The monoisotopic (exact) mass is 347 g/mol. The summed E-state index contributed by atoms with van der Waals surface area (Å²) in [6.07, 6.45) is 0. The summed E-state index contributed by atoms with van der Waals surface area (Å²) in [6, 6.07) is 10.4. The van der Waals surface area contributed by atoms with Gasteiger partial charge in [-0.2, -0.15) is 5.11 Å². The summed E-state index contributed by atoms with van der Waals surface area (Å²) in [7, 11) is 0. The number of aromatic nitrogens is 1. The molecule has 0 spiro atoms. The molecule has 0 fully saturated rings. The molecular formula is C16H11Cl2N3O2. The second kappa shape index (κ2) is 6.02. The van der Waals surface area contributed by atoms with Crippen LogP contribution in [0.4, 0.5) is 11.4 Å². The van der Waals surface area contributed by atoms with Gasteiger partial charge in [0.2, 0.25) is 0 Å². The molecule has 0 unspecified atom stereocenters. The van der Waals surface area contributed by atoms with Gasteiger partial charge in [-0.25, -0.2) is 0 Å². The molecule has 1 heterocycles. The quantitative estimate of drug-likeness (QED) is 0.619. The SMILES string of the molecule is Cc1ccc(N=Nc2c(O)c3ccc(Cl)c(Cl)c3[nH]c2=O)cc1. The number of aryl methyl sites for hydroxylation is 1. The molecule has 0 aliphatic carbocycles. The Labute approximate surface area is 141 Å². The molecule has 0 radical (unpaired) electrons. The number of pyridine rings is 1. The lowest BCUT2D eigenvalue weighted by Gasteiger charge is -2.06. The van der Waals surface area contributed by atoms with Gasteiger partial charge in [0.1, 0.15) is 0 Å². The Morgan fingerprint density at radius 1 is 1.04 bits per heavy atom. The number of halogens is 2. The van der Waals surface area contributed by atoms with E-state index in [0.29, 0.717) is 11.1 Å². The molecule has 0 aliphatic rings. The fourth-order valence-electron chi connectivity index (χ4n) is 2.09. The minimum Gasteiger partial charge on any atom is -0.505 e. The molecule has 116 valence electrons. The van der Waals surface area contributed by atoms with Gasteiger partial charge in [-0.15, -0.1) is 5.11 Å². The smallest absolute Gasteiger partial charge is 0.280 e. The number of hydrogen-bond donors (Lipinski definition) is 2. The molecule has 7 heteroatoms. The number of nitrogens with one attached hydrogen (secondary N) is 1. The van der Waals surface area contributed by atoms with Crippen molar-refractivity contribution in [1.82, 2.24) is 4.98 Å². The van der Waals surface area contributed by atoms with Gasteiger partial charge >= 0.3 is 0 Å². The zero-order valence-electron chi connectivity index (χ0n) is 12.0. The summed E-state index contributed by atoms with van der Waals surface area (Å²) in [6.45, 7) is 1.95. The summed E-state index contributed by atoms with van der Waals surface area (Å²) in [5.41, 5.74) is 1.13. The third-order valence-electron chi connectivity index (χ3n) is 3.33. The van der Waals surface area contributed by atoms with Crippen molar-refractivity contribution in [2.45, 2.75) is 6.92 Å². The third-order valence-corrected chi connectivity index (χ3v) is 4.13. The molecule has 2 aromatic carbocycles. The Hall–Kier alpha value is -2.37. The van der Waals surface area contributed by atoms with Crippen LogP contribution in [-0.4, -0.2) is 10.1 Å². The average molecular weight is 348 g/mol. The molecule has 1 aromatic heterocycles. The highest BCUT2D eigenvalue weighted by Crippen LogP contribution is 2.36. The molecule has 0 atom stereocenters. The zero-order chi connectivity index (χ0) is 16.6. The minimum absolute atomic E-state index is 0.165. The van der Waals surface area contributed by atoms with Crippen molar-refractivity contribution in [3.63, 3.8) is 0 Å². The van der Waals surface area contributed by atoms with E-state index in [0.717, 1.165) is 5.56 Å². The molecule has 0 amide bonds. The predicted molar refractivity (Wildman–Crippen MR) is 91.6 cm³/mol. The minimum atomic E-state index is -0.602. The molecule has 0 saturated carbocycles. The van der Waals surface area contributed by atoms with Gasteiger partial charge in [0.05, 0.1) is 21.2 Å². The van der Waals surface area contributed by atoms with E-state index in [-0.39, 0.29) is 27.0 Å². The van der Waals surface area contributed by atoms with Gasteiger partial charge in [-0.3, -0.25) is 4.79 Å². The Balaban J connectivity index is 2.13. The lowest BCUT2D eigenvalue weighted by molar-refractivity contribution is 0.481. The standard InChI is InChI=1S/C16H11Cl2N3O2/c1-8-2-4-9(5-3-8)20-21-14-15(22)10-6-7-11(17)12(18)13(10)19-16(14)23/h2-7H,1H3,(H2,19,22,23). The van der Waals surface area contributed by atoms with Crippen molar-refractivity contribution < 1.29 is 5.11 Å². The zero-order valence-corrected chi connectivity index (χ0v) is 13.5. The maximum absolute atomic E-state index is 12.1. The van der Waals surface area contributed by atoms with Crippen molar-refractivity contribution >= 4 is 45.5 Å². The molecule has 0 aliphatic heterocycles. The lowest BCUT2D eigenvalue weighted by Crippen LogP contribution is -2.05. The largest absolute Gasteiger partial charge is 0.505 e. The van der Waals surface area contributed by atoms with E-state index < -0.39 is 5.56 Å². The van der Waals surface area contributed by atoms with Gasteiger partial charge in [0, 0.05) is 5.39 Å². The first-order valence-electron chi connectivity index (χ1n) is 6.68. The first-order chi connectivity index (χ1) is 11.0. The highest BCUT2D eigenvalue weighted by atomic mass is 35.5. The molecular weight excluding hydrogens is 337 g/mol. The van der Waals surface area contributed by atoms with E-state index in [1.54, 1.807) is 18.2 Å². The summed E-state index contributed by atoms with van der Waals surface area (Å²) >= 11 is 12.0. The number of fused-ring (bicyclic) bond motifs is 1. The van der Waals surface area contributed by atoms with Crippen molar-refractivity contribution in [3.05, 3.63) is 62.4 Å². The number of benzene rings is 2. The Morgan fingerprint density at radius 3 is 2.43 bits per heavy atom. The van der Waals surface area contributed by atoms with Gasteiger partial charge in [-0.05, 0) is 31.2 Å². The maximum atomic E-state index is 12.1. The first-order valence-corrected chi connectivity index (χ1v) is 7.44. The normalized spacial score (nSPS) is 11.4. The molecule has 0 bridgehead atoms. The van der Waals surface area contributed by atoms with Crippen LogP contribution in [0.15, 0.2) is 51.4 Å². The number of nitrogens with zero attached hydrogens (tertiary/aromatic N) is 2. The molecule has 23 heavy (non-hydrogen) atoms. The molecule has 5 nitrogen and oxygen atoms in total. The van der Waals surface area contributed by atoms with Gasteiger partial charge in [0.15, 0.2) is 11.4 Å². The van der Waals surface area contributed by atoms with E-state index >= 15 is 0 Å². The predicted octanol–water partition coefficient (Wildman–Crippen LogP) is 5.26. The Kier molecular flexibility index (Phi) is 4.07. The van der Waals surface area contributed by atoms with Crippen molar-refractivity contribution in [1.29, 1.82) is 0 Å². The van der Waals surface area contributed by atoms with Crippen LogP contribution >= 0.6 is 23.2 Å². The van der Waals surface area contributed by atoms with E-state index in [2.05, 4.69) is 15.2 Å². The van der Waals surface area contributed by atoms with Gasteiger partial charge in [0.25, 0.3) is 5.56 Å². The number of aromatic hydroxyl groups is 1. The fraction of sp³-hybridized carbons (Fsp3) is 0.0625. The van der Waals surface area contributed by atoms with Gasteiger partial charge < -0.3 is 10.1 Å².